The predicted octanol–water partition coefficient (Wildman–Crippen LogP) is 5.95. The summed E-state index contributed by atoms with van der Waals surface area (Å²) in [6, 6.07) is 0. The molecule has 9 atom stereocenters. The van der Waals surface area contributed by atoms with Crippen LogP contribution in [-0.2, 0) is 14.3 Å². The van der Waals surface area contributed by atoms with Crippen molar-refractivity contribution in [2.75, 3.05) is 0 Å². The maximum absolute atomic E-state index is 13.9. The predicted molar refractivity (Wildman–Crippen MR) is 133 cm³/mol. The molecule has 5 rings (SSSR count). The van der Waals surface area contributed by atoms with Gasteiger partial charge in [0.25, 0.3) is 0 Å². The lowest BCUT2D eigenvalue weighted by molar-refractivity contribution is -0.248. The second-order valence-corrected chi connectivity index (χ2v) is 13.3. The number of carbonyl (C=O) groups is 2. The van der Waals surface area contributed by atoms with Gasteiger partial charge in [0.15, 0.2) is 17.2 Å². The molecule has 1 aliphatic heterocycles. The van der Waals surface area contributed by atoms with Crippen LogP contribution in [0.4, 0.5) is 0 Å². The third kappa shape index (κ3) is 3.17. The summed E-state index contributed by atoms with van der Waals surface area (Å²) in [5, 5.41) is 11.8. The SMILES string of the molecule is C=C(C)[C@@H]1CC[C@@]2(C)CC(=O)[C@@]3(C[C@H]4[C@@H]5C[C@H](C(=C)C)CC[C@@]5(C)CC(=O)[C@@]4(O)O3)C(=C)[C@@H]2C1. The van der Waals surface area contributed by atoms with E-state index in [1.54, 1.807) is 0 Å². The molecule has 4 nitrogen and oxygen atoms in total. The molecule has 1 spiro atoms. The Labute approximate surface area is 204 Å². The van der Waals surface area contributed by atoms with Gasteiger partial charge in [-0.25, -0.2) is 0 Å². The zero-order valence-corrected chi connectivity index (χ0v) is 21.5. The van der Waals surface area contributed by atoms with Gasteiger partial charge < -0.3 is 9.84 Å². The number of Topliss-reactive ketones (excluding diaryl/α,β-unsaturated/α-hetero) is 2. The first-order valence-electron chi connectivity index (χ1n) is 13.2. The summed E-state index contributed by atoms with van der Waals surface area (Å²) < 4.78 is 6.41. The summed E-state index contributed by atoms with van der Waals surface area (Å²) in [6.45, 7) is 21.5. The van der Waals surface area contributed by atoms with E-state index in [-0.39, 0.29) is 40.2 Å². The molecule has 0 bridgehead atoms. The number of ether oxygens (including phenoxy) is 1. The molecule has 5 aliphatic rings. The van der Waals surface area contributed by atoms with Gasteiger partial charge in [-0.05, 0) is 98.9 Å². The van der Waals surface area contributed by atoms with Crippen LogP contribution in [0, 0.1) is 40.4 Å². The van der Waals surface area contributed by atoms with Gasteiger partial charge in [0.05, 0.1) is 0 Å². The van der Waals surface area contributed by atoms with Crippen molar-refractivity contribution < 1.29 is 19.4 Å². The fourth-order valence-corrected chi connectivity index (χ4v) is 8.64. The van der Waals surface area contributed by atoms with E-state index in [9.17, 15) is 14.7 Å². The largest absolute Gasteiger partial charge is 0.359 e. The molecule has 186 valence electrons. The van der Waals surface area contributed by atoms with E-state index in [1.165, 1.54) is 5.57 Å². The molecule has 0 radical (unpaired) electrons. The molecule has 0 aromatic heterocycles. The van der Waals surface area contributed by atoms with Crippen LogP contribution in [0.1, 0.15) is 85.5 Å². The van der Waals surface area contributed by atoms with Crippen molar-refractivity contribution in [1.82, 2.24) is 0 Å². The van der Waals surface area contributed by atoms with Crippen LogP contribution in [0.3, 0.4) is 0 Å². The lowest BCUT2D eigenvalue weighted by Gasteiger charge is -2.53. The highest BCUT2D eigenvalue weighted by Gasteiger charge is 2.72. The molecule has 0 unspecified atom stereocenters. The van der Waals surface area contributed by atoms with Gasteiger partial charge in [0.1, 0.15) is 0 Å². The van der Waals surface area contributed by atoms with Gasteiger partial charge in [0, 0.05) is 18.8 Å². The fourth-order valence-electron chi connectivity index (χ4n) is 8.64. The van der Waals surface area contributed by atoms with E-state index in [1.807, 2.05) is 0 Å². The average molecular weight is 467 g/mol. The Bertz CT molecular complexity index is 994. The molecule has 0 amide bonds. The minimum atomic E-state index is -1.89. The molecule has 4 heteroatoms. The third-order valence-corrected chi connectivity index (χ3v) is 11.1. The number of hydrogen-bond acceptors (Lipinski definition) is 4. The zero-order chi connectivity index (χ0) is 24.8. The minimum Gasteiger partial charge on any atom is -0.359 e. The number of carbonyl (C=O) groups excluding carboxylic acids is 2. The maximum Gasteiger partial charge on any atom is 0.231 e. The Hall–Kier alpha value is -1.52. The van der Waals surface area contributed by atoms with Crippen molar-refractivity contribution in [3.8, 4) is 0 Å². The van der Waals surface area contributed by atoms with Gasteiger partial charge in [-0.1, -0.05) is 44.7 Å². The van der Waals surface area contributed by atoms with E-state index >= 15 is 0 Å². The van der Waals surface area contributed by atoms with E-state index in [2.05, 4.69) is 47.4 Å². The van der Waals surface area contributed by atoms with Crippen molar-refractivity contribution >= 4 is 11.6 Å². The number of hydrogen-bond donors (Lipinski definition) is 1. The van der Waals surface area contributed by atoms with Gasteiger partial charge in [0.2, 0.25) is 5.79 Å². The molecule has 1 saturated heterocycles. The minimum absolute atomic E-state index is 0.00890. The first kappa shape index (κ1) is 24.2. The van der Waals surface area contributed by atoms with Crippen molar-refractivity contribution in [2.24, 2.45) is 40.4 Å². The van der Waals surface area contributed by atoms with E-state index < -0.39 is 11.4 Å². The normalized spacial score (nSPS) is 50.5. The number of fused-ring (bicyclic) bond motifs is 4. The monoisotopic (exact) mass is 466 g/mol. The van der Waals surface area contributed by atoms with Crippen molar-refractivity contribution in [1.29, 1.82) is 0 Å². The maximum atomic E-state index is 13.9. The van der Waals surface area contributed by atoms with Crippen LogP contribution in [0.2, 0.25) is 0 Å². The number of aliphatic hydroxyl groups is 1. The quantitative estimate of drug-likeness (QED) is 0.511. The summed E-state index contributed by atoms with van der Waals surface area (Å²) >= 11 is 0. The number of allylic oxidation sites excluding steroid dienone is 2. The number of rotatable bonds is 2. The second kappa shape index (κ2) is 7.49. The van der Waals surface area contributed by atoms with Crippen molar-refractivity contribution in [3.63, 3.8) is 0 Å². The molecular weight excluding hydrogens is 424 g/mol. The Morgan fingerprint density at radius 3 is 2.09 bits per heavy atom. The smallest absolute Gasteiger partial charge is 0.231 e. The van der Waals surface area contributed by atoms with Crippen molar-refractivity contribution in [2.45, 2.75) is 96.9 Å². The molecule has 4 aliphatic carbocycles. The summed E-state index contributed by atoms with van der Waals surface area (Å²) in [4.78, 5) is 27.3. The zero-order valence-electron chi connectivity index (χ0n) is 21.5. The topological polar surface area (TPSA) is 63.6 Å². The molecule has 0 aromatic rings. The highest BCUT2D eigenvalue weighted by atomic mass is 16.7. The van der Waals surface area contributed by atoms with E-state index in [4.69, 9.17) is 4.74 Å². The van der Waals surface area contributed by atoms with Gasteiger partial charge in [-0.3, -0.25) is 9.59 Å². The number of ketones is 2. The fraction of sp³-hybridized carbons (Fsp3) is 0.733. The molecular formula is C30H42O4. The van der Waals surface area contributed by atoms with E-state index in [0.717, 1.165) is 49.7 Å². The average Bonchev–Trinajstić information content (AvgIpc) is 3.08. The van der Waals surface area contributed by atoms with Crippen LogP contribution in [0.25, 0.3) is 0 Å². The summed E-state index contributed by atoms with van der Waals surface area (Å²) in [7, 11) is 0. The second-order valence-electron chi connectivity index (χ2n) is 13.3. The first-order chi connectivity index (χ1) is 15.8. The molecule has 1 heterocycles. The van der Waals surface area contributed by atoms with Crippen LogP contribution in [-0.4, -0.2) is 28.1 Å². The Morgan fingerprint density at radius 1 is 0.912 bits per heavy atom. The molecule has 5 fully saturated rings. The van der Waals surface area contributed by atoms with Crippen LogP contribution in [0.15, 0.2) is 36.5 Å². The molecule has 4 saturated carbocycles. The van der Waals surface area contributed by atoms with E-state index in [0.29, 0.717) is 31.1 Å². The van der Waals surface area contributed by atoms with Crippen LogP contribution >= 0.6 is 0 Å². The summed E-state index contributed by atoms with van der Waals surface area (Å²) in [5.41, 5.74) is 1.58. The Kier molecular flexibility index (Phi) is 5.33. The summed E-state index contributed by atoms with van der Waals surface area (Å²) in [5.74, 6) is -1.48. The highest BCUT2D eigenvalue weighted by molar-refractivity contribution is 5.96. The van der Waals surface area contributed by atoms with Crippen LogP contribution < -0.4 is 0 Å². The molecule has 0 aromatic carbocycles. The summed E-state index contributed by atoms with van der Waals surface area (Å²) in [6.07, 6.45) is 6.90. The molecule has 34 heavy (non-hydrogen) atoms. The molecule has 1 N–H and O–H groups in total. The highest BCUT2D eigenvalue weighted by Crippen LogP contribution is 2.66. The van der Waals surface area contributed by atoms with Crippen molar-refractivity contribution in [3.05, 3.63) is 36.5 Å². The standard InChI is InChI=1S/C30H42O4/c1-17(2)20-8-10-27(6)15-25(31)29(19(5)22(27)12-20)14-24-23-13-21(18(3)4)9-11-28(23,7)16-26(32)30(24,33)34-29/h20-24,33H,1,3,5,8-16H2,2,4,6-7H3/t20-,21-,22+,23+,24+,27+,28+,29-,30+/m1/s1. The van der Waals surface area contributed by atoms with Gasteiger partial charge in [-0.2, -0.15) is 0 Å². The van der Waals surface area contributed by atoms with Gasteiger partial charge >= 0.3 is 0 Å². The first-order valence-corrected chi connectivity index (χ1v) is 13.2. The Morgan fingerprint density at radius 2 is 1.47 bits per heavy atom. The Balaban J connectivity index is 1.53. The van der Waals surface area contributed by atoms with Gasteiger partial charge in [-0.15, -0.1) is 0 Å². The third-order valence-electron chi connectivity index (χ3n) is 11.1. The lowest BCUT2D eigenvalue weighted by Crippen LogP contribution is -2.59. The van der Waals surface area contributed by atoms with Crippen LogP contribution in [0.5, 0.6) is 0 Å². The lowest BCUT2D eigenvalue weighted by atomic mass is 9.50.